The van der Waals surface area contributed by atoms with Crippen molar-refractivity contribution in [2.24, 2.45) is 5.92 Å². The third-order valence-electron chi connectivity index (χ3n) is 6.21. The van der Waals surface area contributed by atoms with E-state index < -0.39 is 12.0 Å². The molecule has 3 rings (SSSR count). The second-order valence-electron chi connectivity index (χ2n) is 8.72. The summed E-state index contributed by atoms with van der Waals surface area (Å²) in [5, 5.41) is 50.5. The van der Waals surface area contributed by atoms with Gasteiger partial charge >= 0.3 is 0 Å². The lowest BCUT2D eigenvalue weighted by Crippen LogP contribution is -2.31. The Morgan fingerprint density at radius 1 is 0.806 bits per heavy atom. The number of phenolic OH excluding ortho intramolecular Hbond substituents is 4. The van der Waals surface area contributed by atoms with E-state index >= 15 is 0 Å². The maximum absolute atomic E-state index is 13.3. The fourth-order valence-electron chi connectivity index (χ4n) is 4.20. The molecule has 8 nitrogen and oxygen atoms in total. The summed E-state index contributed by atoms with van der Waals surface area (Å²) in [6.45, 7) is 0. The molecular formula is C28H32O8. The minimum Gasteiger partial charge on any atom is -0.508 e. The molecule has 0 bridgehead atoms. The van der Waals surface area contributed by atoms with Crippen LogP contribution in [0.5, 0.6) is 34.5 Å². The lowest BCUT2D eigenvalue weighted by Gasteiger charge is -2.23. The number of ketones is 1. The molecule has 0 saturated heterocycles. The van der Waals surface area contributed by atoms with Gasteiger partial charge in [0.1, 0.15) is 11.5 Å². The molecule has 0 aliphatic heterocycles. The van der Waals surface area contributed by atoms with Gasteiger partial charge in [0.2, 0.25) is 5.75 Å². The Kier molecular flexibility index (Phi) is 9.02. The SMILES string of the molecule is COc1cc(CCC(O)C(Cc2cccc(O)c2)C(=O)CCc2cc(O)c(O)c(OC)c2)ccc1O. The van der Waals surface area contributed by atoms with Crippen molar-refractivity contribution in [1.82, 2.24) is 0 Å². The number of benzene rings is 3. The van der Waals surface area contributed by atoms with Gasteiger partial charge in [-0.25, -0.2) is 0 Å². The molecule has 0 aromatic heterocycles. The summed E-state index contributed by atoms with van der Waals surface area (Å²) in [7, 11) is 2.83. The van der Waals surface area contributed by atoms with Crippen LogP contribution in [0.25, 0.3) is 0 Å². The third kappa shape index (κ3) is 6.82. The van der Waals surface area contributed by atoms with Crippen LogP contribution in [0.4, 0.5) is 0 Å². The van der Waals surface area contributed by atoms with Gasteiger partial charge in [-0.3, -0.25) is 4.79 Å². The number of rotatable bonds is 12. The number of Topliss-reactive ketones (excluding diaryl/α,β-unsaturated/α-hetero) is 1. The first-order valence-corrected chi connectivity index (χ1v) is 11.6. The number of hydrogen-bond donors (Lipinski definition) is 5. The second kappa shape index (κ2) is 12.2. The van der Waals surface area contributed by atoms with E-state index in [0.717, 1.165) is 11.1 Å². The summed E-state index contributed by atoms with van der Waals surface area (Å²) in [6.07, 6.45) is 0.434. The minimum atomic E-state index is -0.956. The Labute approximate surface area is 210 Å². The van der Waals surface area contributed by atoms with Gasteiger partial charge in [0, 0.05) is 12.3 Å². The Bertz CT molecular complexity index is 1190. The van der Waals surface area contributed by atoms with Crippen LogP contribution in [0.3, 0.4) is 0 Å². The zero-order valence-electron chi connectivity index (χ0n) is 20.3. The first kappa shape index (κ1) is 26.7. The number of methoxy groups -OCH3 is 2. The Morgan fingerprint density at radius 3 is 2.22 bits per heavy atom. The van der Waals surface area contributed by atoms with E-state index in [1.807, 2.05) is 0 Å². The van der Waals surface area contributed by atoms with Crippen LogP contribution in [-0.4, -0.2) is 51.6 Å². The van der Waals surface area contributed by atoms with E-state index in [1.165, 1.54) is 26.4 Å². The van der Waals surface area contributed by atoms with Crippen molar-refractivity contribution in [1.29, 1.82) is 0 Å². The van der Waals surface area contributed by atoms with Crippen molar-refractivity contribution in [2.75, 3.05) is 14.2 Å². The Balaban J connectivity index is 1.75. The third-order valence-corrected chi connectivity index (χ3v) is 6.21. The van der Waals surface area contributed by atoms with Crippen LogP contribution in [0.15, 0.2) is 54.6 Å². The van der Waals surface area contributed by atoms with Gasteiger partial charge in [-0.2, -0.15) is 0 Å². The molecular weight excluding hydrogens is 464 g/mol. The smallest absolute Gasteiger partial charge is 0.200 e. The number of ether oxygens (including phenoxy) is 2. The largest absolute Gasteiger partial charge is 0.508 e. The molecule has 0 radical (unpaired) electrons. The number of aryl methyl sites for hydroxylation is 2. The second-order valence-corrected chi connectivity index (χ2v) is 8.72. The van der Waals surface area contributed by atoms with Crippen LogP contribution >= 0.6 is 0 Å². The van der Waals surface area contributed by atoms with E-state index in [4.69, 9.17) is 9.47 Å². The predicted molar refractivity (Wildman–Crippen MR) is 134 cm³/mol. The summed E-state index contributed by atoms with van der Waals surface area (Å²) >= 11 is 0. The van der Waals surface area contributed by atoms with E-state index in [0.29, 0.717) is 24.2 Å². The first-order valence-electron chi connectivity index (χ1n) is 11.6. The van der Waals surface area contributed by atoms with Crippen molar-refractivity contribution in [2.45, 2.75) is 38.2 Å². The van der Waals surface area contributed by atoms with Gasteiger partial charge in [-0.1, -0.05) is 18.2 Å². The summed E-state index contributed by atoms with van der Waals surface area (Å²) < 4.78 is 10.2. The molecule has 8 heteroatoms. The lowest BCUT2D eigenvalue weighted by atomic mass is 9.85. The zero-order chi connectivity index (χ0) is 26.2. The molecule has 0 fully saturated rings. The average Bonchev–Trinajstić information content (AvgIpc) is 2.87. The van der Waals surface area contributed by atoms with Gasteiger partial charge < -0.3 is 35.0 Å². The lowest BCUT2D eigenvalue weighted by molar-refractivity contribution is -0.126. The molecule has 0 aliphatic rings. The fourth-order valence-corrected chi connectivity index (χ4v) is 4.20. The van der Waals surface area contributed by atoms with Gasteiger partial charge in [0.15, 0.2) is 23.0 Å². The van der Waals surface area contributed by atoms with Gasteiger partial charge in [-0.05, 0) is 78.8 Å². The van der Waals surface area contributed by atoms with E-state index in [1.54, 1.807) is 42.5 Å². The number of phenols is 4. The molecule has 0 aliphatic carbocycles. The normalized spacial score (nSPS) is 12.6. The van der Waals surface area contributed by atoms with Crippen molar-refractivity contribution >= 4 is 5.78 Å². The molecule has 0 spiro atoms. The standard InChI is InChI=1S/C28H32O8/c1-35-26-15-17(7-11-24(26)32)6-9-22(30)21(13-18-4-3-5-20(29)12-18)23(31)10-8-19-14-25(33)28(34)27(16-19)36-2/h3-5,7,11-12,14-16,21-22,29-30,32-34H,6,8-10,13H2,1-2H3. The number of carbonyl (C=O) groups is 1. The highest BCUT2D eigenvalue weighted by Gasteiger charge is 2.27. The minimum absolute atomic E-state index is 0.0237. The molecule has 2 atom stereocenters. The highest BCUT2D eigenvalue weighted by atomic mass is 16.5. The summed E-state index contributed by atoms with van der Waals surface area (Å²) in [6, 6.07) is 14.5. The van der Waals surface area contributed by atoms with Crippen molar-refractivity contribution < 1.29 is 39.8 Å². The summed E-state index contributed by atoms with van der Waals surface area (Å²) in [4.78, 5) is 13.3. The molecule has 0 amide bonds. The van der Waals surface area contributed by atoms with Crippen molar-refractivity contribution in [3.05, 3.63) is 71.3 Å². The maximum atomic E-state index is 13.3. The molecule has 0 saturated carbocycles. The van der Waals surface area contributed by atoms with E-state index in [-0.39, 0.29) is 53.8 Å². The highest BCUT2D eigenvalue weighted by Crippen LogP contribution is 2.36. The monoisotopic (exact) mass is 496 g/mol. The number of aliphatic hydroxyl groups is 1. The van der Waals surface area contributed by atoms with Gasteiger partial charge in [0.05, 0.1) is 20.3 Å². The Morgan fingerprint density at radius 2 is 1.53 bits per heavy atom. The molecule has 0 heterocycles. The van der Waals surface area contributed by atoms with E-state index in [9.17, 15) is 30.3 Å². The Hall–Kier alpha value is -3.91. The van der Waals surface area contributed by atoms with Gasteiger partial charge in [0.25, 0.3) is 0 Å². The zero-order valence-corrected chi connectivity index (χ0v) is 20.3. The first-order chi connectivity index (χ1) is 17.2. The number of aliphatic hydroxyl groups excluding tert-OH is 1. The van der Waals surface area contributed by atoms with Crippen LogP contribution in [0, 0.1) is 5.92 Å². The summed E-state index contributed by atoms with van der Waals surface area (Å²) in [5.41, 5.74) is 2.18. The highest BCUT2D eigenvalue weighted by molar-refractivity contribution is 5.82. The molecule has 36 heavy (non-hydrogen) atoms. The molecule has 192 valence electrons. The van der Waals surface area contributed by atoms with Crippen LogP contribution in [0.2, 0.25) is 0 Å². The number of hydrogen-bond acceptors (Lipinski definition) is 8. The van der Waals surface area contributed by atoms with Crippen molar-refractivity contribution in [3.8, 4) is 34.5 Å². The van der Waals surface area contributed by atoms with Crippen LogP contribution in [0.1, 0.15) is 29.5 Å². The van der Waals surface area contributed by atoms with Crippen molar-refractivity contribution in [3.63, 3.8) is 0 Å². The maximum Gasteiger partial charge on any atom is 0.200 e. The fraction of sp³-hybridized carbons (Fsp3) is 0.321. The molecule has 2 unspecified atom stereocenters. The van der Waals surface area contributed by atoms with E-state index in [2.05, 4.69) is 0 Å². The number of carbonyl (C=O) groups excluding carboxylic acids is 1. The van der Waals surface area contributed by atoms with Gasteiger partial charge in [-0.15, -0.1) is 0 Å². The summed E-state index contributed by atoms with van der Waals surface area (Å²) in [5.74, 6) is -1.04. The van der Waals surface area contributed by atoms with Crippen LogP contribution < -0.4 is 9.47 Å². The number of aromatic hydroxyl groups is 4. The topological polar surface area (TPSA) is 137 Å². The average molecular weight is 497 g/mol. The quantitative estimate of drug-likeness (QED) is 0.238. The molecule has 3 aromatic rings. The van der Waals surface area contributed by atoms with Crippen LogP contribution in [-0.2, 0) is 24.1 Å². The predicted octanol–water partition coefficient (Wildman–Crippen LogP) is 3.88. The molecule has 5 N–H and O–H groups in total. The molecule has 3 aromatic carbocycles.